The van der Waals surface area contributed by atoms with Crippen molar-refractivity contribution >= 4 is 28.3 Å². The summed E-state index contributed by atoms with van der Waals surface area (Å²) in [5.41, 5.74) is 3.02. The van der Waals surface area contributed by atoms with E-state index in [1.165, 1.54) is 0 Å². The van der Waals surface area contributed by atoms with Crippen molar-refractivity contribution < 1.29 is 4.42 Å². The number of rotatable bonds is 5. The number of fused-ring (bicyclic) bond motifs is 1. The van der Waals surface area contributed by atoms with Gasteiger partial charge in [-0.2, -0.15) is 0 Å². The number of hydrogen-bond donors (Lipinski definition) is 0. The Bertz CT molecular complexity index is 1360. The Morgan fingerprint density at radius 1 is 1.06 bits per heavy atom. The average Bonchev–Trinajstić information content (AvgIpc) is 3.28. The van der Waals surface area contributed by atoms with E-state index in [1.54, 1.807) is 6.20 Å². The molecule has 7 heteroatoms. The Kier molecular flexibility index (Phi) is 5.37. The zero-order valence-corrected chi connectivity index (χ0v) is 18.3. The number of anilines is 1. The fourth-order valence-corrected chi connectivity index (χ4v) is 4.04. The molecule has 160 valence electrons. The van der Waals surface area contributed by atoms with Crippen molar-refractivity contribution in [2.75, 3.05) is 11.6 Å². The molecule has 5 rings (SSSR count). The minimum Gasteiger partial charge on any atom is -0.403 e. The van der Waals surface area contributed by atoms with Gasteiger partial charge in [0, 0.05) is 30.2 Å². The first kappa shape index (κ1) is 20.3. The van der Waals surface area contributed by atoms with Crippen molar-refractivity contribution in [3.63, 3.8) is 0 Å². The maximum Gasteiger partial charge on any atom is 0.347 e. The molecular weight excluding hydrogens is 424 g/mol. The molecule has 0 spiro atoms. The first-order valence-electron chi connectivity index (χ1n) is 10.4. The molecule has 0 bridgehead atoms. The number of benzene rings is 2. The predicted octanol–water partition coefficient (Wildman–Crippen LogP) is 5.22. The number of halogens is 1. The van der Waals surface area contributed by atoms with Crippen LogP contribution in [0.4, 0.5) is 5.82 Å². The van der Waals surface area contributed by atoms with E-state index in [4.69, 9.17) is 16.0 Å². The van der Waals surface area contributed by atoms with Gasteiger partial charge in [-0.3, -0.25) is 0 Å². The van der Waals surface area contributed by atoms with E-state index < -0.39 is 0 Å². The second-order valence-electron chi connectivity index (χ2n) is 7.63. The molecule has 1 aliphatic rings. The van der Waals surface area contributed by atoms with Crippen molar-refractivity contribution in [3.05, 3.63) is 99.8 Å². The van der Waals surface area contributed by atoms with Crippen LogP contribution in [0, 0.1) is 0 Å². The maximum absolute atomic E-state index is 12.8. The lowest BCUT2D eigenvalue weighted by atomic mass is 10.1. The summed E-state index contributed by atoms with van der Waals surface area (Å²) in [7, 11) is 0. The van der Waals surface area contributed by atoms with E-state index in [9.17, 15) is 4.79 Å². The predicted molar refractivity (Wildman–Crippen MR) is 126 cm³/mol. The molecule has 0 radical (unpaired) electrons. The van der Waals surface area contributed by atoms with E-state index in [1.807, 2.05) is 78.8 Å². The van der Waals surface area contributed by atoms with Crippen LogP contribution in [0.5, 0.6) is 0 Å². The molecule has 0 saturated carbocycles. The number of hydrogen-bond acceptors (Lipinski definition) is 6. The highest BCUT2D eigenvalue weighted by Crippen LogP contribution is 2.30. The summed E-state index contributed by atoms with van der Waals surface area (Å²) in [4.78, 5) is 26.2. The molecule has 32 heavy (non-hydrogen) atoms. The molecule has 3 heterocycles. The fourth-order valence-electron chi connectivity index (χ4n) is 3.92. The van der Waals surface area contributed by atoms with Crippen LogP contribution in [-0.2, 0) is 13.0 Å². The Morgan fingerprint density at radius 2 is 1.91 bits per heavy atom. The van der Waals surface area contributed by atoms with Gasteiger partial charge in [0.05, 0.1) is 23.1 Å². The van der Waals surface area contributed by atoms with Crippen LogP contribution in [0.1, 0.15) is 18.1 Å². The Hall–Kier alpha value is -3.64. The number of pyridine rings is 1. The van der Waals surface area contributed by atoms with Gasteiger partial charge in [0.15, 0.2) is 0 Å². The van der Waals surface area contributed by atoms with Gasteiger partial charge < -0.3 is 14.2 Å². The summed E-state index contributed by atoms with van der Waals surface area (Å²) in [5, 5.41) is 1.26. The van der Waals surface area contributed by atoms with Crippen LogP contribution in [0.3, 0.4) is 0 Å². The van der Waals surface area contributed by atoms with Gasteiger partial charge >= 0.3 is 5.63 Å². The molecule has 1 aliphatic heterocycles. The summed E-state index contributed by atoms with van der Waals surface area (Å²) in [5.74, 6) is 0.951. The van der Waals surface area contributed by atoms with Crippen LogP contribution >= 0.6 is 11.6 Å². The second kappa shape index (κ2) is 8.48. The summed E-state index contributed by atoms with van der Waals surface area (Å²) in [6.45, 7) is 3.37. The SMILES string of the molecule is CCc1cccc2nc(-c3cccnc3N3C=CN(Cc4ccc(Cl)cc4)C3)oc(=O)c12. The van der Waals surface area contributed by atoms with Gasteiger partial charge in [0.25, 0.3) is 0 Å². The topological polar surface area (TPSA) is 62.5 Å². The first-order valence-corrected chi connectivity index (χ1v) is 10.8. The highest BCUT2D eigenvalue weighted by molar-refractivity contribution is 6.30. The Balaban J connectivity index is 1.46. The number of aromatic nitrogens is 2. The van der Waals surface area contributed by atoms with Crippen LogP contribution < -0.4 is 10.5 Å². The summed E-state index contributed by atoms with van der Waals surface area (Å²) >= 11 is 5.99. The molecule has 2 aromatic heterocycles. The molecule has 4 aromatic rings. The first-order chi connectivity index (χ1) is 15.6. The lowest BCUT2D eigenvalue weighted by Gasteiger charge is -2.22. The average molecular weight is 445 g/mol. The lowest BCUT2D eigenvalue weighted by molar-refractivity contribution is 0.399. The van der Waals surface area contributed by atoms with Gasteiger partial charge in [-0.25, -0.2) is 14.8 Å². The molecule has 0 N–H and O–H groups in total. The monoisotopic (exact) mass is 444 g/mol. The van der Waals surface area contributed by atoms with Gasteiger partial charge in [0.2, 0.25) is 5.89 Å². The Morgan fingerprint density at radius 3 is 2.72 bits per heavy atom. The summed E-state index contributed by atoms with van der Waals surface area (Å²) in [6, 6.07) is 17.2. The summed E-state index contributed by atoms with van der Waals surface area (Å²) < 4.78 is 5.67. The zero-order valence-electron chi connectivity index (χ0n) is 17.5. The molecule has 0 atom stereocenters. The highest BCUT2D eigenvalue weighted by atomic mass is 35.5. The maximum atomic E-state index is 12.8. The minimum absolute atomic E-state index is 0.267. The molecule has 0 fully saturated rings. The van der Waals surface area contributed by atoms with Gasteiger partial charge in [-0.1, -0.05) is 42.8 Å². The van der Waals surface area contributed by atoms with Gasteiger partial charge in [0.1, 0.15) is 5.82 Å². The number of aryl methyl sites for hydroxylation is 1. The quantitative estimate of drug-likeness (QED) is 0.420. The van der Waals surface area contributed by atoms with E-state index >= 15 is 0 Å². The third-order valence-corrected chi connectivity index (χ3v) is 5.76. The molecule has 0 amide bonds. The lowest BCUT2D eigenvalue weighted by Crippen LogP contribution is -2.25. The van der Waals surface area contributed by atoms with Crippen LogP contribution in [0.25, 0.3) is 22.4 Å². The largest absolute Gasteiger partial charge is 0.403 e. The third-order valence-electron chi connectivity index (χ3n) is 5.50. The standard InChI is InChI=1S/C25H21ClN4O2/c1-2-18-5-3-7-21-22(18)25(31)32-24(28-21)20-6-4-12-27-23(20)30-14-13-29(16-30)15-17-8-10-19(26)11-9-17/h3-14H,2,15-16H2,1H3. The fraction of sp³-hybridized carbons (Fsp3) is 0.160. The normalized spacial score (nSPS) is 13.3. The minimum atomic E-state index is -0.376. The molecule has 0 unspecified atom stereocenters. The van der Waals surface area contributed by atoms with Crippen LogP contribution in [-0.4, -0.2) is 21.5 Å². The zero-order chi connectivity index (χ0) is 22.1. The smallest absolute Gasteiger partial charge is 0.347 e. The van der Waals surface area contributed by atoms with E-state index in [2.05, 4.69) is 14.9 Å². The number of nitrogens with zero attached hydrogens (tertiary/aromatic N) is 4. The molecule has 6 nitrogen and oxygen atoms in total. The van der Waals surface area contributed by atoms with Crippen molar-refractivity contribution in [1.82, 2.24) is 14.9 Å². The summed E-state index contributed by atoms with van der Waals surface area (Å²) in [6.07, 6.45) is 6.45. The van der Waals surface area contributed by atoms with E-state index in [0.29, 0.717) is 29.0 Å². The van der Waals surface area contributed by atoms with Crippen LogP contribution in [0.15, 0.2) is 82.4 Å². The Labute approximate surface area is 190 Å². The second-order valence-corrected chi connectivity index (χ2v) is 8.06. The van der Waals surface area contributed by atoms with Crippen molar-refractivity contribution in [2.24, 2.45) is 0 Å². The van der Waals surface area contributed by atoms with E-state index in [-0.39, 0.29) is 11.5 Å². The van der Waals surface area contributed by atoms with Gasteiger partial charge in [-0.15, -0.1) is 0 Å². The van der Waals surface area contributed by atoms with Crippen LogP contribution in [0.2, 0.25) is 5.02 Å². The third kappa shape index (κ3) is 3.85. The van der Waals surface area contributed by atoms with Gasteiger partial charge in [-0.05, 0) is 47.9 Å². The van der Waals surface area contributed by atoms with Crippen molar-refractivity contribution in [3.8, 4) is 11.5 Å². The van der Waals surface area contributed by atoms with E-state index in [0.717, 1.165) is 29.1 Å². The molecule has 0 saturated heterocycles. The molecule has 2 aromatic carbocycles. The van der Waals surface area contributed by atoms with Crippen molar-refractivity contribution in [2.45, 2.75) is 19.9 Å². The molecule has 0 aliphatic carbocycles. The highest BCUT2D eigenvalue weighted by Gasteiger charge is 2.21. The van der Waals surface area contributed by atoms with Crippen molar-refractivity contribution in [1.29, 1.82) is 0 Å². The molecular formula is C25H21ClN4O2.